The number of benzene rings is 1. The van der Waals surface area contributed by atoms with Gasteiger partial charge in [0.25, 0.3) is 0 Å². The highest BCUT2D eigenvalue weighted by Crippen LogP contribution is 2.37. The number of hydrogen-bond acceptors (Lipinski definition) is 2. The van der Waals surface area contributed by atoms with E-state index in [1.165, 1.54) is 18.4 Å². The van der Waals surface area contributed by atoms with Crippen molar-refractivity contribution in [3.63, 3.8) is 0 Å². The maximum atomic E-state index is 5.95. The minimum absolute atomic E-state index is 0.189. The predicted molar refractivity (Wildman–Crippen MR) is 65.2 cm³/mol. The summed E-state index contributed by atoms with van der Waals surface area (Å²) < 4.78 is 11.7. The molecule has 1 aromatic carbocycles. The molecule has 0 atom stereocenters. The molecule has 88 valence electrons. The minimum Gasteiger partial charge on any atom is -0.487 e. The van der Waals surface area contributed by atoms with Crippen LogP contribution in [0.5, 0.6) is 11.5 Å². The lowest BCUT2D eigenvalue weighted by Gasteiger charge is -2.17. The van der Waals surface area contributed by atoms with Gasteiger partial charge in [-0.15, -0.1) is 0 Å². The first-order chi connectivity index (χ1) is 7.70. The second-order valence-electron chi connectivity index (χ2n) is 4.58. The zero-order valence-corrected chi connectivity index (χ0v) is 10.3. The first kappa shape index (κ1) is 11.3. The van der Waals surface area contributed by atoms with Gasteiger partial charge in [-0.05, 0) is 44.7 Å². The number of rotatable bonds is 5. The zero-order valence-electron chi connectivity index (χ0n) is 10.3. The van der Waals surface area contributed by atoms with Gasteiger partial charge in [-0.1, -0.05) is 19.1 Å². The average Bonchev–Trinajstić information content (AvgIpc) is 3.03. The molecule has 2 rings (SSSR count). The summed E-state index contributed by atoms with van der Waals surface area (Å²) in [5, 5.41) is 0. The van der Waals surface area contributed by atoms with Gasteiger partial charge in [0, 0.05) is 0 Å². The van der Waals surface area contributed by atoms with Crippen LogP contribution in [-0.2, 0) is 6.42 Å². The summed E-state index contributed by atoms with van der Waals surface area (Å²) in [6.45, 7) is 6.23. The van der Waals surface area contributed by atoms with Crippen molar-refractivity contribution < 1.29 is 9.47 Å². The van der Waals surface area contributed by atoms with Gasteiger partial charge in [-0.3, -0.25) is 0 Å². The van der Waals surface area contributed by atoms with Crippen molar-refractivity contribution in [2.45, 2.75) is 52.2 Å². The Morgan fingerprint density at radius 3 is 2.62 bits per heavy atom. The maximum Gasteiger partial charge on any atom is 0.164 e. The number of hydrogen-bond donors (Lipinski definition) is 0. The van der Waals surface area contributed by atoms with E-state index >= 15 is 0 Å². The molecule has 0 bridgehead atoms. The summed E-state index contributed by atoms with van der Waals surface area (Å²) in [6, 6.07) is 6.15. The van der Waals surface area contributed by atoms with Crippen LogP contribution in [0.25, 0.3) is 0 Å². The molecule has 0 aromatic heterocycles. The van der Waals surface area contributed by atoms with Crippen molar-refractivity contribution in [1.29, 1.82) is 0 Å². The number of ether oxygens (including phenoxy) is 2. The van der Waals surface area contributed by atoms with Crippen molar-refractivity contribution in [2.75, 3.05) is 0 Å². The van der Waals surface area contributed by atoms with Crippen molar-refractivity contribution in [3.8, 4) is 11.5 Å². The Morgan fingerprint density at radius 1 is 1.31 bits per heavy atom. The van der Waals surface area contributed by atoms with Crippen molar-refractivity contribution in [1.82, 2.24) is 0 Å². The molecule has 0 radical (unpaired) electrons. The smallest absolute Gasteiger partial charge is 0.164 e. The Morgan fingerprint density at radius 2 is 2.06 bits per heavy atom. The largest absolute Gasteiger partial charge is 0.487 e. The molecule has 1 fully saturated rings. The molecule has 1 aromatic rings. The van der Waals surface area contributed by atoms with E-state index in [0.717, 1.165) is 17.9 Å². The normalized spacial score (nSPS) is 15.2. The highest BCUT2D eigenvalue weighted by Gasteiger charge is 2.26. The van der Waals surface area contributed by atoms with E-state index in [9.17, 15) is 0 Å². The number of aryl methyl sites for hydroxylation is 1. The van der Waals surface area contributed by atoms with E-state index in [4.69, 9.17) is 9.47 Å². The van der Waals surface area contributed by atoms with Crippen molar-refractivity contribution in [2.24, 2.45) is 0 Å². The fourth-order valence-electron chi connectivity index (χ4n) is 1.67. The van der Waals surface area contributed by atoms with Crippen LogP contribution in [0.2, 0.25) is 0 Å². The van der Waals surface area contributed by atoms with E-state index in [2.05, 4.69) is 13.0 Å². The Labute approximate surface area is 97.6 Å². The summed E-state index contributed by atoms with van der Waals surface area (Å²) in [5.74, 6) is 1.85. The third-order valence-electron chi connectivity index (χ3n) is 2.61. The summed E-state index contributed by atoms with van der Waals surface area (Å²) in [5.41, 5.74) is 1.24. The molecule has 0 N–H and O–H groups in total. The molecule has 0 heterocycles. The van der Waals surface area contributed by atoms with Crippen LogP contribution >= 0.6 is 0 Å². The van der Waals surface area contributed by atoms with Crippen molar-refractivity contribution >= 4 is 0 Å². The maximum absolute atomic E-state index is 5.95. The molecule has 1 aliphatic rings. The monoisotopic (exact) mass is 220 g/mol. The summed E-state index contributed by atoms with van der Waals surface area (Å²) >= 11 is 0. The molecule has 1 saturated carbocycles. The quantitative estimate of drug-likeness (QED) is 0.755. The molecule has 1 aliphatic carbocycles. The molecule has 0 unspecified atom stereocenters. The molecular formula is C14H20O2. The second kappa shape index (κ2) is 4.77. The minimum atomic E-state index is 0.189. The molecule has 0 spiro atoms. The molecule has 2 nitrogen and oxygen atoms in total. The van der Waals surface area contributed by atoms with Gasteiger partial charge < -0.3 is 9.47 Å². The Bertz CT molecular complexity index is 354. The Hall–Kier alpha value is -1.18. The zero-order chi connectivity index (χ0) is 11.5. The lowest BCUT2D eigenvalue weighted by atomic mass is 10.1. The molecule has 0 saturated heterocycles. The second-order valence-corrected chi connectivity index (χ2v) is 4.58. The summed E-state index contributed by atoms with van der Waals surface area (Å²) in [6.07, 6.45) is 3.95. The van der Waals surface area contributed by atoms with E-state index in [1.54, 1.807) is 0 Å². The fraction of sp³-hybridized carbons (Fsp3) is 0.571. The molecule has 2 heteroatoms. The van der Waals surface area contributed by atoms with Gasteiger partial charge in [0.15, 0.2) is 11.5 Å². The van der Waals surface area contributed by atoms with Crippen molar-refractivity contribution in [3.05, 3.63) is 23.8 Å². The highest BCUT2D eigenvalue weighted by molar-refractivity contribution is 5.47. The SMILES string of the molecule is CCc1cccc(OC(C)C)c1OC1CC1. The first-order valence-electron chi connectivity index (χ1n) is 6.16. The van der Waals surface area contributed by atoms with Gasteiger partial charge in [-0.25, -0.2) is 0 Å². The van der Waals surface area contributed by atoms with E-state index in [-0.39, 0.29) is 6.10 Å². The van der Waals surface area contributed by atoms with E-state index < -0.39 is 0 Å². The lowest BCUT2D eigenvalue weighted by Crippen LogP contribution is -2.09. The topological polar surface area (TPSA) is 18.5 Å². The molecule has 0 amide bonds. The standard InChI is InChI=1S/C14H20O2/c1-4-11-6-5-7-13(15-10(2)3)14(11)16-12-8-9-12/h5-7,10,12H,4,8-9H2,1-3H3. The van der Waals surface area contributed by atoms with Gasteiger partial charge in [0.2, 0.25) is 0 Å². The summed E-state index contributed by atoms with van der Waals surface area (Å²) in [7, 11) is 0. The first-order valence-corrected chi connectivity index (χ1v) is 6.16. The van der Waals surface area contributed by atoms with Crippen LogP contribution in [0.1, 0.15) is 39.2 Å². The Kier molecular flexibility index (Phi) is 3.37. The van der Waals surface area contributed by atoms with Gasteiger partial charge >= 0.3 is 0 Å². The number of para-hydroxylation sites is 1. The molecule has 0 aliphatic heterocycles. The van der Waals surface area contributed by atoms with Crippen LogP contribution in [0.4, 0.5) is 0 Å². The highest BCUT2D eigenvalue weighted by atomic mass is 16.5. The third-order valence-corrected chi connectivity index (χ3v) is 2.61. The average molecular weight is 220 g/mol. The van der Waals surface area contributed by atoms with Crippen LogP contribution in [0.15, 0.2) is 18.2 Å². The van der Waals surface area contributed by atoms with Crippen LogP contribution in [-0.4, -0.2) is 12.2 Å². The van der Waals surface area contributed by atoms with Crippen LogP contribution < -0.4 is 9.47 Å². The predicted octanol–water partition coefficient (Wildman–Crippen LogP) is 3.58. The fourth-order valence-corrected chi connectivity index (χ4v) is 1.67. The van der Waals surface area contributed by atoms with Gasteiger partial charge in [0.1, 0.15) is 0 Å². The van der Waals surface area contributed by atoms with E-state index in [1.807, 2.05) is 26.0 Å². The Balaban J connectivity index is 2.25. The van der Waals surface area contributed by atoms with Crippen LogP contribution in [0, 0.1) is 0 Å². The van der Waals surface area contributed by atoms with E-state index in [0.29, 0.717) is 6.10 Å². The molecule has 16 heavy (non-hydrogen) atoms. The van der Waals surface area contributed by atoms with Crippen LogP contribution in [0.3, 0.4) is 0 Å². The lowest BCUT2D eigenvalue weighted by molar-refractivity contribution is 0.216. The van der Waals surface area contributed by atoms with Gasteiger partial charge in [0.05, 0.1) is 12.2 Å². The summed E-state index contributed by atoms with van der Waals surface area (Å²) in [4.78, 5) is 0. The third kappa shape index (κ3) is 2.69. The van der Waals surface area contributed by atoms with Gasteiger partial charge in [-0.2, -0.15) is 0 Å². The molecular weight excluding hydrogens is 200 g/mol.